The number of morpholine rings is 1. The zero-order chi connectivity index (χ0) is 25.1. The molecule has 0 spiro atoms. The molecule has 1 aliphatic rings. The molecule has 36 heavy (non-hydrogen) atoms. The summed E-state index contributed by atoms with van der Waals surface area (Å²) in [5.74, 6) is 1.18. The minimum absolute atomic E-state index is 0.0241. The molecule has 1 saturated heterocycles. The predicted octanol–water partition coefficient (Wildman–Crippen LogP) is 2.53. The third kappa shape index (κ3) is 4.93. The lowest BCUT2D eigenvalue weighted by molar-refractivity contribution is -0.142. The summed E-state index contributed by atoms with van der Waals surface area (Å²) in [4.78, 5) is 28.2. The van der Waals surface area contributed by atoms with Gasteiger partial charge in [-0.3, -0.25) is 4.79 Å². The minimum Gasteiger partial charge on any atom is -0.458 e. The first-order chi connectivity index (χ1) is 17.5. The SMILES string of the molecule is COCCn1cnc2c(N3CCOCC3)cc(-n3nc(-c4cccc(C)c4)nc3COC(C)=O)nc21. The van der Waals surface area contributed by atoms with Crippen LogP contribution in [0.25, 0.3) is 28.4 Å². The lowest BCUT2D eigenvalue weighted by atomic mass is 10.1. The quantitative estimate of drug-likeness (QED) is 0.343. The fraction of sp³-hybridized carbons (Fsp3) is 0.400. The Hall–Kier alpha value is -3.83. The number of benzene rings is 1. The van der Waals surface area contributed by atoms with Crippen LogP contribution in [0.15, 0.2) is 36.7 Å². The van der Waals surface area contributed by atoms with Crippen LogP contribution in [0.1, 0.15) is 18.3 Å². The number of hydrogen-bond donors (Lipinski definition) is 0. The van der Waals surface area contributed by atoms with E-state index < -0.39 is 5.97 Å². The average molecular weight is 492 g/mol. The summed E-state index contributed by atoms with van der Waals surface area (Å²) in [6.45, 7) is 7.28. The number of carbonyl (C=O) groups excluding carboxylic acids is 1. The first-order valence-corrected chi connectivity index (χ1v) is 11.9. The number of hydrogen-bond acceptors (Lipinski definition) is 9. The van der Waals surface area contributed by atoms with E-state index in [1.807, 2.05) is 41.8 Å². The molecule has 0 radical (unpaired) electrons. The number of methoxy groups -OCH3 is 1. The smallest absolute Gasteiger partial charge is 0.303 e. The number of nitrogens with zero attached hydrogens (tertiary/aromatic N) is 7. The van der Waals surface area contributed by atoms with E-state index >= 15 is 0 Å². The maximum atomic E-state index is 11.6. The molecule has 11 nitrogen and oxygen atoms in total. The third-order valence-corrected chi connectivity index (χ3v) is 6.00. The van der Waals surface area contributed by atoms with Crippen LogP contribution in [-0.2, 0) is 32.2 Å². The number of aromatic nitrogens is 6. The van der Waals surface area contributed by atoms with Gasteiger partial charge in [-0.1, -0.05) is 23.8 Å². The van der Waals surface area contributed by atoms with Crippen LogP contribution in [0.4, 0.5) is 5.69 Å². The van der Waals surface area contributed by atoms with Gasteiger partial charge in [-0.2, -0.15) is 4.68 Å². The van der Waals surface area contributed by atoms with Gasteiger partial charge in [0.05, 0.1) is 31.8 Å². The van der Waals surface area contributed by atoms with Gasteiger partial charge in [-0.15, -0.1) is 5.10 Å². The monoisotopic (exact) mass is 491 g/mol. The molecule has 0 unspecified atom stereocenters. The molecule has 5 rings (SSSR count). The van der Waals surface area contributed by atoms with Crippen molar-refractivity contribution >= 4 is 22.8 Å². The molecule has 1 aliphatic heterocycles. The maximum Gasteiger partial charge on any atom is 0.303 e. The van der Waals surface area contributed by atoms with Gasteiger partial charge in [0.2, 0.25) is 0 Å². The summed E-state index contributed by atoms with van der Waals surface area (Å²) in [5.41, 5.74) is 4.44. The number of imidazole rings is 1. The lowest BCUT2D eigenvalue weighted by Gasteiger charge is -2.29. The number of ether oxygens (including phenoxy) is 3. The zero-order valence-electron chi connectivity index (χ0n) is 20.7. The van der Waals surface area contributed by atoms with E-state index in [1.165, 1.54) is 6.92 Å². The van der Waals surface area contributed by atoms with E-state index in [0.29, 0.717) is 43.8 Å². The van der Waals surface area contributed by atoms with Gasteiger partial charge in [-0.05, 0) is 13.0 Å². The highest BCUT2D eigenvalue weighted by Crippen LogP contribution is 2.29. The molecule has 0 saturated carbocycles. The summed E-state index contributed by atoms with van der Waals surface area (Å²) in [6, 6.07) is 9.92. The Balaban J connectivity index is 1.66. The Morgan fingerprint density at radius 3 is 2.75 bits per heavy atom. The van der Waals surface area contributed by atoms with Crippen LogP contribution < -0.4 is 4.90 Å². The molecule has 1 aromatic carbocycles. The van der Waals surface area contributed by atoms with E-state index in [-0.39, 0.29) is 6.61 Å². The van der Waals surface area contributed by atoms with Crippen molar-refractivity contribution in [2.45, 2.75) is 27.0 Å². The van der Waals surface area contributed by atoms with E-state index in [1.54, 1.807) is 18.1 Å². The number of fused-ring (bicyclic) bond motifs is 1. The van der Waals surface area contributed by atoms with E-state index in [0.717, 1.165) is 41.1 Å². The van der Waals surface area contributed by atoms with Gasteiger partial charge >= 0.3 is 5.97 Å². The van der Waals surface area contributed by atoms with E-state index in [4.69, 9.17) is 29.3 Å². The van der Waals surface area contributed by atoms with Crippen molar-refractivity contribution in [3.8, 4) is 17.2 Å². The Morgan fingerprint density at radius 1 is 1.17 bits per heavy atom. The molecule has 0 amide bonds. The lowest BCUT2D eigenvalue weighted by Crippen LogP contribution is -2.36. The molecule has 0 aliphatic carbocycles. The van der Waals surface area contributed by atoms with Crippen molar-refractivity contribution in [1.82, 2.24) is 29.3 Å². The van der Waals surface area contributed by atoms with Gasteiger partial charge in [0.1, 0.15) is 5.52 Å². The molecule has 1 fully saturated rings. The Labute approximate surface area is 208 Å². The largest absolute Gasteiger partial charge is 0.458 e. The Kier molecular flexibility index (Phi) is 6.92. The van der Waals surface area contributed by atoms with Crippen molar-refractivity contribution in [2.24, 2.45) is 0 Å². The second kappa shape index (κ2) is 10.4. The number of pyridine rings is 1. The third-order valence-electron chi connectivity index (χ3n) is 6.00. The van der Waals surface area contributed by atoms with Crippen molar-refractivity contribution in [3.05, 3.63) is 48.0 Å². The van der Waals surface area contributed by atoms with Crippen LogP contribution in [0, 0.1) is 6.92 Å². The highest BCUT2D eigenvalue weighted by atomic mass is 16.5. The van der Waals surface area contributed by atoms with Gasteiger partial charge in [0, 0.05) is 45.3 Å². The van der Waals surface area contributed by atoms with Crippen LogP contribution in [0.2, 0.25) is 0 Å². The first-order valence-electron chi connectivity index (χ1n) is 11.9. The molecule has 11 heteroatoms. The summed E-state index contributed by atoms with van der Waals surface area (Å²) in [6.07, 6.45) is 1.78. The minimum atomic E-state index is -0.392. The number of anilines is 1. The second-order valence-corrected chi connectivity index (χ2v) is 8.62. The molecule has 4 aromatic rings. The number of carbonyl (C=O) groups is 1. The molecule has 4 heterocycles. The van der Waals surface area contributed by atoms with Crippen molar-refractivity contribution < 1.29 is 19.0 Å². The summed E-state index contributed by atoms with van der Waals surface area (Å²) in [7, 11) is 1.67. The van der Waals surface area contributed by atoms with Crippen LogP contribution >= 0.6 is 0 Å². The van der Waals surface area contributed by atoms with Crippen LogP contribution in [0.5, 0.6) is 0 Å². The molecule has 188 valence electrons. The molecule has 0 bridgehead atoms. The summed E-state index contributed by atoms with van der Waals surface area (Å²) >= 11 is 0. The Morgan fingerprint density at radius 2 is 2.00 bits per heavy atom. The van der Waals surface area contributed by atoms with Gasteiger partial charge in [0.25, 0.3) is 0 Å². The molecular formula is C25H29N7O4. The fourth-order valence-corrected chi connectivity index (χ4v) is 4.21. The highest BCUT2D eigenvalue weighted by Gasteiger charge is 2.22. The van der Waals surface area contributed by atoms with Crippen molar-refractivity contribution in [2.75, 3.05) is 44.9 Å². The van der Waals surface area contributed by atoms with Gasteiger partial charge in [0.15, 0.2) is 29.7 Å². The van der Waals surface area contributed by atoms with E-state index in [9.17, 15) is 4.79 Å². The van der Waals surface area contributed by atoms with E-state index in [2.05, 4.69) is 9.88 Å². The average Bonchev–Trinajstić information content (AvgIpc) is 3.50. The molecule has 3 aromatic heterocycles. The standard InChI is InChI=1S/C25H29N7O4/c1-17-5-4-6-19(13-17)24-27-22(15-36-18(2)33)32(29-24)21-14-20(30-8-11-35-12-9-30)23-25(28-21)31(16-26-23)7-10-34-3/h4-6,13-14,16H,7-12,15H2,1-3H3. The Bertz CT molecular complexity index is 1370. The second-order valence-electron chi connectivity index (χ2n) is 8.62. The summed E-state index contributed by atoms with van der Waals surface area (Å²) in [5, 5.41) is 4.79. The zero-order valence-corrected chi connectivity index (χ0v) is 20.7. The molecular weight excluding hydrogens is 462 g/mol. The number of rotatable bonds is 8. The van der Waals surface area contributed by atoms with Crippen molar-refractivity contribution in [3.63, 3.8) is 0 Å². The molecule has 0 N–H and O–H groups in total. The maximum absolute atomic E-state index is 11.6. The highest BCUT2D eigenvalue weighted by molar-refractivity contribution is 5.87. The molecule has 0 atom stereocenters. The van der Waals surface area contributed by atoms with Crippen LogP contribution in [0.3, 0.4) is 0 Å². The predicted molar refractivity (Wildman–Crippen MR) is 133 cm³/mol. The number of esters is 1. The first kappa shape index (κ1) is 23.9. The fourth-order valence-electron chi connectivity index (χ4n) is 4.21. The van der Waals surface area contributed by atoms with Gasteiger partial charge in [-0.25, -0.2) is 15.0 Å². The topological polar surface area (TPSA) is 109 Å². The normalized spacial score (nSPS) is 13.9. The number of aryl methyl sites for hydroxylation is 1. The van der Waals surface area contributed by atoms with Crippen molar-refractivity contribution in [1.29, 1.82) is 0 Å². The summed E-state index contributed by atoms with van der Waals surface area (Å²) < 4.78 is 19.8. The van der Waals surface area contributed by atoms with Gasteiger partial charge < -0.3 is 23.7 Å². The van der Waals surface area contributed by atoms with Crippen LogP contribution in [-0.4, -0.2) is 75.3 Å².